The van der Waals surface area contributed by atoms with Gasteiger partial charge in [-0.15, -0.1) is 0 Å². The van der Waals surface area contributed by atoms with Crippen molar-refractivity contribution >= 4 is 17.6 Å². The molecule has 1 aliphatic heterocycles. The van der Waals surface area contributed by atoms with E-state index in [1.165, 1.54) is 12.3 Å². The first kappa shape index (κ1) is 12.6. The summed E-state index contributed by atoms with van der Waals surface area (Å²) < 4.78 is 13.1. The van der Waals surface area contributed by atoms with Gasteiger partial charge in [0.25, 0.3) is 0 Å². The molecule has 0 bridgehead atoms. The minimum Gasteiger partial charge on any atom is -0.352 e. The first-order valence-corrected chi connectivity index (χ1v) is 6.91. The van der Waals surface area contributed by atoms with Gasteiger partial charge in [0, 0.05) is 35.7 Å². The lowest BCUT2D eigenvalue weighted by Gasteiger charge is -2.39. The van der Waals surface area contributed by atoms with E-state index in [1.807, 2.05) is 11.8 Å². The third kappa shape index (κ3) is 2.55. The number of hydrogen-bond acceptors (Lipinski definition) is 4. The van der Waals surface area contributed by atoms with Gasteiger partial charge in [-0.1, -0.05) is 6.92 Å². The van der Waals surface area contributed by atoms with E-state index < -0.39 is 0 Å². The van der Waals surface area contributed by atoms with Crippen LogP contribution in [0.15, 0.2) is 12.3 Å². The lowest BCUT2D eigenvalue weighted by atomic mass is 10.1. The Kier molecular flexibility index (Phi) is 3.89. The van der Waals surface area contributed by atoms with E-state index in [2.05, 4.69) is 23.7 Å². The molecule has 1 aromatic rings. The van der Waals surface area contributed by atoms with E-state index in [0.717, 1.165) is 23.7 Å². The highest BCUT2D eigenvalue weighted by Crippen LogP contribution is 2.29. The highest BCUT2D eigenvalue weighted by Gasteiger charge is 2.27. The number of aromatic nitrogens is 1. The maximum absolute atomic E-state index is 13.1. The summed E-state index contributed by atoms with van der Waals surface area (Å²) in [7, 11) is 0. The van der Waals surface area contributed by atoms with Crippen molar-refractivity contribution in [2.24, 2.45) is 5.73 Å². The van der Waals surface area contributed by atoms with E-state index in [-0.39, 0.29) is 5.82 Å². The third-order valence-electron chi connectivity index (χ3n) is 3.29. The fourth-order valence-corrected chi connectivity index (χ4v) is 3.21. The molecule has 2 N–H and O–H groups in total. The summed E-state index contributed by atoms with van der Waals surface area (Å²) in [5.41, 5.74) is 6.46. The first-order valence-electron chi connectivity index (χ1n) is 5.86. The van der Waals surface area contributed by atoms with Crippen LogP contribution in [-0.4, -0.2) is 28.6 Å². The lowest BCUT2D eigenvalue weighted by molar-refractivity contribution is 0.599. The molecule has 2 rings (SSSR count). The van der Waals surface area contributed by atoms with Crippen molar-refractivity contribution in [3.63, 3.8) is 0 Å². The second-order valence-electron chi connectivity index (χ2n) is 4.35. The van der Waals surface area contributed by atoms with Gasteiger partial charge >= 0.3 is 0 Å². The van der Waals surface area contributed by atoms with Gasteiger partial charge < -0.3 is 10.6 Å². The highest BCUT2D eigenvalue weighted by atomic mass is 32.2. The van der Waals surface area contributed by atoms with Gasteiger partial charge in [0.15, 0.2) is 0 Å². The first-order chi connectivity index (χ1) is 8.13. The van der Waals surface area contributed by atoms with Crippen molar-refractivity contribution in [2.75, 3.05) is 17.2 Å². The van der Waals surface area contributed by atoms with Crippen LogP contribution < -0.4 is 10.6 Å². The molecule has 17 heavy (non-hydrogen) atoms. The van der Waals surface area contributed by atoms with E-state index in [0.29, 0.717) is 17.8 Å². The van der Waals surface area contributed by atoms with Crippen LogP contribution in [0.2, 0.25) is 0 Å². The molecule has 2 atom stereocenters. The van der Waals surface area contributed by atoms with Crippen molar-refractivity contribution < 1.29 is 4.39 Å². The minimum atomic E-state index is -0.318. The molecule has 1 saturated heterocycles. The second-order valence-corrected chi connectivity index (χ2v) is 5.84. The van der Waals surface area contributed by atoms with Crippen LogP contribution in [0.3, 0.4) is 0 Å². The Hall–Kier alpha value is -0.810. The summed E-state index contributed by atoms with van der Waals surface area (Å²) in [6.45, 7) is 5.67. The average Bonchev–Trinajstić information content (AvgIpc) is 2.33. The summed E-state index contributed by atoms with van der Waals surface area (Å²) in [6.07, 6.45) is 1.27. The molecule has 94 valence electrons. The maximum Gasteiger partial charge on any atom is 0.141 e. The zero-order valence-corrected chi connectivity index (χ0v) is 11.0. The molecule has 1 aromatic heterocycles. The Balaban J connectivity index is 2.32. The number of anilines is 1. The summed E-state index contributed by atoms with van der Waals surface area (Å²) >= 11 is 1.97. The van der Waals surface area contributed by atoms with Crippen LogP contribution in [-0.2, 0) is 6.54 Å². The Morgan fingerprint density at radius 1 is 1.59 bits per heavy atom. The summed E-state index contributed by atoms with van der Waals surface area (Å²) in [6, 6.07) is 1.89. The molecule has 0 spiro atoms. The Morgan fingerprint density at radius 3 is 3.06 bits per heavy atom. The monoisotopic (exact) mass is 255 g/mol. The lowest BCUT2D eigenvalue weighted by Crippen LogP contribution is -2.45. The van der Waals surface area contributed by atoms with Gasteiger partial charge in [0.05, 0.1) is 6.20 Å². The molecule has 0 aromatic carbocycles. The van der Waals surface area contributed by atoms with Gasteiger partial charge in [0.1, 0.15) is 11.6 Å². The topological polar surface area (TPSA) is 42.2 Å². The van der Waals surface area contributed by atoms with Crippen LogP contribution in [0.25, 0.3) is 0 Å². The molecule has 0 saturated carbocycles. The predicted molar refractivity (Wildman–Crippen MR) is 70.8 cm³/mol. The smallest absolute Gasteiger partial charge is 0.141 e. The Bertz CT molecular complexity index is 399. The zero-order valence-electron chi connectivity index (χ0n) is 10.2. The van der Waals surface area contributed by atoms with Crippen molar-refractivity contribution in [3.8, 4) is 0 Å². The van der Waals surface area contributed by atoms with E-state index >= 15 is 0 Å². The standard InChI is InChI=1S/C12H18FN3S/c1-8-9(2)17-4-3-16(8)12-10(6-14)5-11(13)7-15-12/h5,7-9H,3-4,6,14H2,1-2H3. The van der Waals surface area contributed by atoms with Crippen molar-refractivity contribution in [1.82, 2.24) is 4.98 Å². The minimum absolute atomic E-state index is 0.318. The SMILES string of the molecule is CC1SCCN(c2ncc(F)cc2CN)C1C. The maximum atomic E-state index is 13.1. The number of nitrogens with two attached hydrogens (primary N) is 1. The number of pyridine rings is 1. The van der Waals surface area contributed by atoms with Gasteiger partial charge in [-0.25, -0.2) is 9.37 Å². The van der Waals surface area contributed by atoms with E-state index in [4.69, 9.17) is 5.73 Å². The van der Waals surface area contributed by atoms with E-state index in [9.17, 15) is 4.39 Å². The largest absolute Gasteiger partial charge is 0.352 e. The molecule has 0 aliphatic carbocycles. The van der Waals surface area contributed by atoms with Gasteiger partial charge in [-0.2, -0.15) is 11.8 Å². The molecule has 1 fully saturated rings. The Labute approximate surface area is 106 Å². The third-order valence-corrected chi connectivity index (χ3v) is 4.62. The fraction of sp³-hybridized carbons (Fsp3) is 0.583. The molecule has 2 unspecified atom stereocenters. The molecule has 0 radical (unpaired) electrons. The van der Waals surface area contributed by atoms with Crippen LogP contribution in [0.1, 0.15) is 19.4 Å². The number of thioether (sulfide) groups is 1. The number of rotatable bonds is 2. The normalized spacial score (nSPS) is 25.1. The molecule has 0 amide bonds. The van der Waals surface area contributed by atoms with Crippen molar-refractivity contribution in [3.05, 3.63) is 23.6 Å². The number of nitrogens with zero attached hydrogens (tertiary/aromatic N) is 2. The number of hydrogen-bond donors (Lipinski definition) is 1. The van der Waals surface area contributed by atoms with Crippen LogP contribution in [0, 0.1) is 5.82 Å². The summed E-state index contributed by atoms with van der Waals surface area (Å²) in [5, 5.41) is 0.557. The number of halogens is 1. The molecular formula is C12H18FN3S. The van der Waals surface area contributed by atoms with Crippen LogP contribution in [0.4, 0.5) is 10.2 Å². The highest BCUT2D eigenvalue weighted by molar-refractivity contribution is 8.00. The summed E-state index contributed by atoms with van der Waals surface area (Å²) in [4.78, 5) is 6.46. The second kappa shape index (κ2) is 5.23. The van der Waals surface area contributed by atoms with Crippen LogP contribution >= 0.6 is 11.8 Å². The summed E-state index contributed by atoms with van der Waals surface area (Å²) in [5.74, 6) is 1.60. The molecular weight excluding hydrogens is 237 g/mol. The molecule has 5 heteroatoms. The average molecular weight is 255 g/mol. The zero-order chi connectivity index (χ0) is 12.4. The predicted octanol–water partition coefficient (Wildman–Crippen LogP) is 2.01. The van der Waals surface area contributed by atoms with Crippen molar-refractivity contribution in [1.29, 1.82) is 0 Å². The van der Waals surface area contributed by atoms with Gasteiger partial charge in [-0.3, -0.25) is 0 Å². The molecule has 3 nitrogen and oxygen atoms in total. The molecule has 1 aliphatic rings. The quantitative estimate of drug-likeness (QED) is 0.878. The van der Waals surface area contributed by atoms with Gasteiger partial charge in [-0.05, 0) is 13.0 Å². The Morgan fingerprint density at radius 2 is 2.35 bits per heavy atom. The molecule has 2 heterocycles. The van der Waals surface area contributed by atoms with Crippen LogP contribution in [0.5, 0.6) is 0 Å². The van der Waals surface area contributed by atoms with E-state index in [1.54, 1.807) is 0 Å². The van der Waals surface area contributed by atoms with Crippen molar-refractivity contribution in [2.45, 2.75) is 31.7 Å². The fourth-order valence-electron chi connectivity index (χ4n) is 2.11. The van der Waals surface area contributed by atoms with Gasteiger partial charge in [0.2, 0.25) is 0 Å².